The van der Waals surface area contributed by atoms with E-state index in [0.29, 0.717) is 18.8 Å². The number of carbonyl (C=O) groups excluding carboxylic acids is 1. The molecule has 0 spiro atoms. The molecule has 1 aliphatic rings. The first-order chi connectivity index (χ1) is 10.6. The van der Waals surface area contributed by atoms with Crippen LogP contribution in [0.5, 0.6) is 0 Å². The van der Waals surface area contributed by atoms with E-state index < -0.39 is 10.2 Å². The van der Waals surface area contributed by atoms with Crippen LogP contribution in [0, 0.1) is 18.8 Å². The molecule has 2 heterocycles. The molecule has 0 aromatic carbocycles. The fraction of sp³-hybridized carbons (Fsp3) is 0.714. The minimum absolute atomic E-state index is 0.0636. The lowest BCUT2D eigenvalue weighted by Gasteiger charge is -2.24. The van der Waals surface area contributed by atoms with Crippen LogP contribution in [-0.4, -0.2) is 67.0 Å². The molecule has 9 heteroatoms. The van der Waals surface area contributed by atoms with Crippen LogP contribution in [0.1, 0.15) is 30.0 Å². The molecule has 2 rings (SSSR count). The Morgan fingerprint density at radius 1 is 1.43 bits per heavy atom. The summed E-state index contributed by atoms with van der Waals surface area (Å²) in [5.41, 5.74) is 1.18. The van der Waals surface area contributed by atoms with Gasteiger partial charge in [-0.05, 0) is 24.8 Å². The summed E-state index contributed by atoms with van der Waals surface area (Å²) in [6.07, 6.45) is 0. The summed E-state index contributed by atoms with van der Waals surface area (Å²) in [7, 11) is -0.568. The first kappa shape index (κ1) is 17.9. The summed E-state index contributed by atoms with van der Waals surface area (Å²) >= 11 is 0. The number of nitrogens with zero attached hydrogens (tertiary/aromatic N) is 3. The molecule has 1 aliphatic heterocycles. The topological polar surface area (TPSA) is 98.4 Å². The molecule has 8 nitrogen and oxygen atoms in total. The van der Waals surface area contributed by atoms with Crippen molar-refractivity contribution in [3.8, 4) is 0 Å². The number of aromatic nitrogens is 2. The smallest absolute Gasteiger partial charge is 0.279 e. The summed E-state index contributed by atoms with van der Waals surface area (Å²) in [6, 6.07) is 1.40. The van der Waals surface area contributed by atoms with Crippen molar-refractivity contribution in [2.45, 2.75) is 26.8 Å². The van der Waals surface area contributed by atoms with Gasteiger partial charge in [0.25, 0.3) is 16.1 Å². The van der Waals surface area contributed by atoms with Crippen molar-refractivity contribution in [1.29, 1.82) is 0 Å². The summed E-state index contributed by atoms with van der Waals surface area (Å²) in [5, 5.41) is 6.75. The van der Waals surface area contributed by atoms with E-state index in [2.05, 4.69) is 14.9 Å². The van der Waals surface area contributed by atoms with Gasteiger partial charge in [0.1, 0.15) is 5.69 Å². The predicted molar refractivity (Wildman–Crippen MR) is 87.1 cm³/mol. The van der Waals surface area contributed by atoms with Gasteiger partial charge in [-0.2, -0.15) is 22.5 Å². The molecule has 1 aromatic rings. The number of aryl methyl sites for hydroxylation is 1. The second kappa shape index (κ2) is 6.58. The summed E-state index contributed by atoms with van der Waals surface area (Å²) in [6.45, 7) is 6.77. The lowest BCUT2D eigenvalue weighted by Crippen LogP contribution is -2.46. The molecule has 1 saturated heterocycles. The molecule has 0 aliphatic carbocycles. The Morgan fingerprint density at radius 2 is 2.09 bits per heavy atom. The molecular formula is C14H25N5O3S. The standard InChI is InChI=1S/C14H25N5O3S/c1-9(2)11-7-19(14(20)12-6-10(3)15-16-12)8-13(11)17-23(21,22)18(4)5/h6,9,11,13,17H,7-8H2,1-5H3,(H,15,16)/t11-,13+/m0/s1. The average molecular weight is 343 g/mol. The maximum atomic E-state index is 12.5. The van der Waals surface area contributed by atoms with Gasteiger partial charge in [0.05, 0.1) is 0 Å². The van der Waals surface area contributed by atoms with E-state index in [-0.39, 0.29) is 23.8 Å². The van der Waals surface area contributed by atoms with Crippen molar-refractivity contribution >= 4 is 16.1 Å². The van der Waals surface area contributed by atoms with Crippen LogP contribution in [-0.2, 0) is 10.2 Å². The van der Waals surface area contributed by atoms with Gasteiger partial charge in [0, 0.05) is 38.9 Å². The number of rotatable bonds is 5. The molecule has 0 bridgehead atoms. The summed E-state index contributed by atoms with van der Waals surface area (Å²) < 4.78 is 28.0. The number of nitrogens with one attached hydrogen (secondary N) is 2. The molecule has 2 N–H and O–H groups in total. The van der Waals surface area contributed by atoms with Crippen LogP contribution < -0.4 is 4.72 Å². The highest BCUT2D eigenvalue weighted by molar-refractivity contribution is 7.87. The van der Waals surface area contributed by atoms with Gasteiger partial charge in [-0.25, -0.2) is 0 Å². The highest BCUT2D eigenvalue weighted by atomic mass is 32.2. The normalized spacial score (nSPS) is 22.3. The maximum Gasteiger partial charge on any atom is 0.279 e. The average Bonchev–Trinajstić information content (AvgIpc) is 3.04. The number of amides is 1. The number of hydrogen-bond donors (Lipinski definition) is 2. The van der Waals surface area contributed by atoms with E-state index in [1.54, 1.807) is 11.0 Å². The Bertz CT molecular complexity index is 668. The third-order valence-corrected chi connectivity index (χ3v) is 5.78. The second-order valence-electron chi connectivity index (χ2n) is 6.57. The number of aromatic amines is 1. The monoisotopic (exact) mass is 343 g/mol. The van der Waals surface area contributed by atoms with Crippen molar-refractivity contribution in [3.63, 3.8) is 0 Å². The molecule has 1 fully saturated rings. The van der Waals surface area contributed by atoms with Crippen LogP contribution in [0.25, 0.3) is 0 Å². The van der Waals surface area contributed by atoms with E-state index in [0.717, 1.165) is 10.00 Å². The first-order valence-corrected chi connectivity index (χ1v) is 9.07. The van der Waals surface area contributed by atoms with Gasteiger partial charge in [-0.3, -0.25) is 9.89 Å². The Morgan fingerprint density at radius 3 is 2.57 bits per heavy atom. The molecule has 1 aromatic heterocycles. The lowest BCUT2D eigenvalue weighted by molar-refractivity contribution is 0.0777. The van der Waals surface area contributed by atoms with Crippen LogP contribution in [0.4, 0.5) is 0 Å². The molecule has 0 unspecified atom stereocenters. The number of hydrogen-bond acceptors (Lipinski definition) is 4. The van der Waals surface area contributed by atoms with Gasteiger partial charge >= 0.3 is 0 Å². The zero-order valence-corrected chi connectivity index (χ0v) is 15.0. The SMILES string of the molecule is Cc1cc(C(=O)N2C[C@@H](NS(=O)(=O)N(C)C)[C@H](C(C)C)C2)n[nH]1. The van der Waals surface area contributed by atoms with E-state index in [1.165, 1.54) is 14.1 Å². The minimum Gasteiger partial charge on any atom is -0.335 e. The van der Waals surface area contributed by atoms with Gasteiger partial charge in [0.15, 0.2) is 0 Å². The predicted octanol–water partition coefficient (Wildman–Crippen LogP) is 0.211. The van der Waals surface area contributed by atoms with Crippen molar-refractivity contribution in [3.05, 3.63) is 17.5 Å². The van der Waals surface area contributed by atoms with E-state index in [4.69, 9.17) is 0 Å². The highest BCUT2D eigenvalue weighted by Crippen LogP contribution is 2.26. The molecular weight excluding hydrogens is 318 g/mol. The molecule has 130 valence electrons. The van der Waals surface area contributed by atoms with Crippen LogP contribution in [0.2, 0.25) is 0 Å². The Hall–Kier alpha value is -1.45. The van der Waals surface area contributed by atoms with Gasteiger partial charge in [-0.15, -0.1) is 0 Å². The summed E-state index contributed by atoms with van der Waals surface area (Å²) in [4.78, 5) is 14.2. The van der Waals surface area contributed by atoms with E-state index in [1.807, 2.05) is 20.8 Å². The Kier molecular flexibility index (Phi) is 5.12. The third-order valence-electron chi connectivity index (χ3n) is 4.21. The quantitative estimate of drug-likeness (QED) is 0.798. The molecule has 0 radical (unpaired) electrons. The molecule has 0 saturated carbocycles. The largest absolute Gasteiger partial charge is 0.335 e. The fourth-order valence-electron chi connectivity index (χ4n) is 2.78. The van der Waals surface area contributed by atoms with Gasteiger partial charge in [-0.1, -0.05) is 13.8 Å². The summed E-state index contributed by atoms with van der Waals surface area (Å²) in [5.74, 6) is 0.142. The maximum absolute atomic E-state index is 12.5. The molecule has 2 atom stereocenters. The Labute approximate surface area is 137 Å². The van der Waals surface area contributed by atoms with Gasteiger partial charge in [0.2, 0.25) is 0 Å². The number of H-pyrrole nitrogens is 1. The van der Waals surface area contributed by atoms with Crippen molar-refractivity contribution in [1.82, 2.24) is 24.1 Å². The molecule has 23 heavy (non-hydrogen) atoms. The van der Waals surface area contributed by atoms with Gasteiger partial charge < -0.3 is 4.90 Å². The van der Waals surface area contributed by atoms with Crippen LogP contribution in [0.3, 0.4) is 0 Å². The van der Waals surface area contributed by atoms with E-state index >= 15 is 0 Å². The second-order valence-corrected chi connectivity index (χ2v) is 8.48. The lowest BCUT2D eigenvalue weighted by atomic mass is 9.92. The highest BCUT2D eigenvalue weighted by Gasteiger charge is 2.39. The zero-order valence-electron chi connectivity index (χ0n) is 14.2. The molecule has 1 amide bonds. The number of carbonyl (C=O) groups is 1. The fourth-order valence-corrected chi connectivity index (χ4v) is 3.62. The van der Waals surface area contributed by atoms with E-state index in [9.17, 15) is 13.2 Å². The van der Waals surface area contributed by atoms with Crippen molar-refractivity contribution < 1.29 is 13.2 Å². The van der Waals surface area contributed by atoms with Crippen molar-refractivity contribution in [2.24, 2.45) is 11.8 Å². The van der Waals surface area contributed by atoms with Crippen molar-refractivity contribution in [2.75, 3.05) is 27.2 Å². The third kappa shape index (κ3) is 3.91. The zero-order chi connectivity index (χ0) is 17.4. The van der Waals surface area contributed by atoms with Crippen LogP contribution >= 0.6 is 0 Å². The Balaban J connectivity index is 2.16. The van der Waals surface area contributed by atoms with Crippen LogP contribution in [0.15, 0.2) is 6.07 Å². The number of likely N-dealkylation sites (tertiary alicyclic amines) is 1. The minimum atomic E-state index is -3.53. The first-order valence-electron chi connectivity index (χ1n) is 7.63.